The van der Waals surface area contributed by atoms with Gasteiger partial charge in [0, 0.05) is 19.1 Å². The molecule has 0 atom stereocenters. The van der Waals surface area contributed by atoms with Crippen molar-refractivity contribution in [2.45, 2.75) is 77.6 Å². The second kappa shape index (κ2) is 8.34. The van der Waals surface area contributed by atoms with Crippen molar-refractivity contribution in [3.63, 3.8) is 0 Å². The maximum atomic E-state index is 11.8. The third-order valence-corrected chi connectivity index (χ3v) is 4.13. The average Bonchev–Trinajstić information content (AvgIpc) is 2.51. The van der Waals surface area contributed by atoms with E-state index in [1.807, 2.05) is 26.8 Å². The number of benzene rings is 1. The summed E-state index contributed by atoms with van der Waals surface area (Å²) in [6.45, 7) is 6.96. The van der Waals surface area contributed by atoms with Gasteiger partial charge < -0.3 is 15.4 Å². The fourth-order valence-corrected chi connectivity index (χ4v) is 2.94. The predicted molar refractivity (Wildman–Crippen MR) is 93.2 cm³/mol. The fraction of sp³-hybridized carbons (Fsp3) is 0.632. The van der Waals surface area contributed by atoms with Crippen LogP contribution in [-0.4, -0.2) is 17.7 Å². The van der Waals surface area contributed by atoms with Crippen molar-refractivity contribution in [2.75, 3.05) is 0 Å². The number of carbonyl (C=O) groups is 1. The first-order chi connectivity index (χ1) is 10.9. The summed E-state index contributed by atoms with van der Waals surface area (Å²) in [7, 11) is 0. The number of nitrogens with one attached hydrogen (secondary N) is 2. The fourth-order valence-electron chi connectivity index (χ4n) is 2.94. The van der Waals surface area contributed by atoms with Crippen LogP contribution in [0.5, 0.6) is 0 Å². The molecule has 4 nitrogen and oxygen atoms in total. The minimum absolute atomic E-state index is 0.368. The number of rotatable bonds is 5. The van der Waals surface area contributed by atoms with E-state index in [-0.39, 0.29) is 6.09 Å². The Morgan fingerprint density at radius 1 is 1.09 bits per heavy atom. The topological polar surface area (TPSA) is 50.4 Å². The van der Waals surface area contributed by atoms with Crippen LogP contribution in [0.2, 0.25) is 0 Å². The molecule has 0 unspecified atom stereocenters. The summed E-state index contributed by atoms with van der Waals surface area (Å²) >= 11 is 0. The van der Waals surface area contributed by atoms with Crippen LogP contribution in [0.1, 0.15) is 64.0 Å². The van der Waals surface area contributed by atoms with Crippen LogP contribution in [0.15, 0.2) is 24.3 Å². The first-order valence-electron chi connectivity index (χ1n) is 8.71. The van der Waals surface area contributed by atoms with Crippen LogP contribution in [-0.2, 0) is 17.8 Å². The first kappa shape index (κ1) is 17.8. The maximum Gasteiger partial charge on any atom is 0.407 e. The van der Waals surface area contributed by atoms with Crippen molar-refractivity contribution in [3.8, 4) is 0 Å². The van der Waals surface area contributed by atoms with E-state index in [0.29, 0.717) is 12.6 Å². The SMILES string of the molecule is CC(C)(C)OC(=O)NCc1ccccc1CNC1CCCCC1. The molecule has 0 aromatic heterocycles. The highest BCUT2D eigenvalue weighted by Crippen LogP contribution is 2.18. The molecule has 1 aromatic carbocycles. The van der Waals surface area contributed by atoms with Crippen LogP contribution in [0.25, 0.3) is 0 Å². The van der Waals surface area contributed by atoms with Crippen molar-refractivity contribution in [1.82, 2.24) is 10.6 Å². The standard InChI is InChI=1S/C19H30N2O2/c1-19(2,3)23-18(22)21-14-16-10-8-7-9-15(16)13-20-17-11-5-4-6-12-17/h7-10,17,20H,4-6,11-14H2,1-3H3,(H,21,22). The van der Waals surface area contributed by atoms with Crippen molar-refractivity contribution < 1.29 is 9.53 Å². The molecule has 4 heteroatoms. The molecule has 0 saturated heterocycles. The molecule has 1 saturated carbocycles. The average molecular weight is 318 g/mol. The second-order valence-electron chi connectivity index (χ2n) is 7.34. The van der Waals surface area contributed by atoms with Gasteiger partial charge in [-0.05, 0) is 44.7 Å². The molecule has 1 aromatic rings. The first-order valence-corrected chi connectivity index (χ1v) is 8.71. The van der Waals surface area contributed by atoms with Gasteiger partial charge in [-0.1, -0.05) is 43.5 Å². The summed E-state index contributed by atoms with van der Waals surface area (Å²) < 4.78 is 5.29. The minimum Gasteiger partial charge on any atom is -0.444 e. The molecule has 1 amide bonds. The predicted octanol–water partition coefficient (Wildman–Crippen LogP) is 4.13. The van der Waals surface area contributed by atoms with Gasteiger partial charge in [0.2, 0.25) is 0 Å². The van der Waals surface area contributed by atoms with Gasteiger partial charge >= 0.3 is 6.09 Å². The Balaban J connectivity index is 1.85. The zero-order valence-electron chi connectivity index (χ0n) is 14.7. The van der Waals surface area contributed by atoms with E-state index in [4.69, 9.17) is 4.74 Å². The van der Waals surface area contributed by atoms with E-state index in [0.717, 1.165) is 12.1 Å². The van der Waals surface area contributed by atoms with E-state index in [9.17, 15) is 4.79 Å². The van der Waals surface area contributed by atoms with E-state index >= 15 is 0 Å². The molecule has 23 heavy (non-hydrogen) atoms. The van der Waals surface area contributed by atoms with Gasteiger partial charge in [-0.2, -0.15) is 0 Å². The summed E-state index contributed by atoms with van der Waals surface area (Å²) in [4.78, 5) is 11.8. The molecular formula is C19H30N2O2. The van der Waals surface area contributed by atoms with E-state index in [1.165, 1.54) is 37.7 Å². The Morgan fingerprint density at radius 3 is 2.30 bits per heavy atom. The molecule has 0 aliphatic heterocycles. The van der Waals surface area contributed by atoms with Crippen molar-refractivity contribution in [2.24, 2.45) is 0 Å². The lowest BCUT2D eigenvalue weighted by atomic mass is 9.95. The van der Waals surface area contributed by atoms with Gasteiger partial charge in [-0.3, -0.25) is 0 Å². The summed E-state index contributed by atoms with van der Waals surface area (Å²) in [5, 5.41) is 6.51. The summed E-state index contributed by atoms with van der Waals surface area (Å²) in [5.74, 6) is 0. The highest BCUT2D eigenvalue weighted by molar-refractivity contribution is 5.67. The molecule has 0 spiro atoms. The lowest BCUT2D eigenvalue weighted by Gasteiger charge is -2.23. The Bertz CT molecular complexity index is 502. The minimum atomic E-state index is -0.466. The molecule has 1 aliphatic rings. The quantitative estimate of drug-likeness (QED) is 0.858. The van der Waals surface area contributed by atoms with Crippen LogP contribution in [0.4, 0.5) is 4.79 Å². The normalized spacial score (nSPS) is 16.1. The summed E-state index contributed by atoms with van der Waals surface area (Å²) in [6, 6.07) is 8.89. The second-order valence-corrected chi connectivity index (χ2v) is 7.34. The number of alkyl carbamates (subject to hydrolysis) is 1. The van der Waals surface area contributed by atoms with E-state index in [1.54, 1.807) is 0 Å². The molecule has 2 rings (SSSR count). The van der Waals surface area contributed by atoms with Gasteiger partial charge in [-0.25, -0.2) is 4.79 Å². The van der Waals surface area contributed by atoms with Crippen LogP contribution in [0, 0.1) is 0 Å². The van der Waals surface area contributed by atoms with Crippen LogP contribution in [0.3, 0.4) is 0 Å². The van der Waals surface area contributed by atoms with E-state index < -0.39 is 5.60 Å². The molecule has 1 aliphatic carbocycles. The Hall–Kier alpha value is -1.55. The van der Waals surface area contributed by atoms with Crippen molar-refractivity contribution in [3.05, 3.63) is 35.4 Å². The zero-order valence-corrected chi connectivity index (χ0v) is 14.7. The number of amides is 1. The van der Waals surface area contributed by atoms with Gasteiger partial charge in [0.15, 0.2) is 0 Å². The zero-order chi connectivity index (χ0) is 16.7. The number of hydrogen-bond donors (Lipinski definition) is 2. The van der Waals surface area contributed by atoms with Gasteiger partial charge in [0.25, 0.3) is 0 Å². The Labute approximate surface area is 140 Å². The molecule has 128 valence electrons. The van der Waals surface area contributed by atoms with Crippen molar-refractivity contribution >= 4 is 6.09 Å². The maximum absolute atomic E-state index is 11.8. The third kappa shape index (κ3) is 6.61. The van der Waals surface area contributed by atoms with Crippen LogP contribution >= 0.6 is 0 Å². The van der Waals surface area contributed by atoms with Gasteiger partial charge in [0.1, 0.15) is 5.60 Å². The number of ether oxygens (including phenoxy) is 1. The largest absolute Gasteiger partial charge is 0.444 e. The van der Waals surface area contributed by atoms with Gasteiger partial charge in [0.05, 0.1) is 0 Å². The van der Waals surface area contributed by atoms with E-state index in [2.05, 4.69) is 28.8 Å². The lowest BCUT2D eigenvalue weighted by molar-refractivity contribution is 0.0523. The third-order valence-electron chi connectivity index (χ3n) is 4.13. The molecular weight excluding hydrogens is 288 g/mol. The Morgan fingerprint density at radius 2 is 1.70 bits per heavy atom. The summed E-state index contributed by atoms with van der Waals surface area (Å²) in [5.41, 5.74) is 1.92. The van der Waals surface area contributed by atoms with Crippen LogP contribution < -0.4 is 10.6 Å². The smallest absolute Gasteiger partial charge is 0.407 e. The number of carbonyl (C=O) groups excluding carboxylic acids is 1. The monoisotopic (exact) mass is 318 g/mol. The molecule has 1 fully saturated rings. The highest BCUT2D eigenvalue weighted by Gasteiger charge is 2.16. The lowest BCUT2D eigenvalue weighted by Crippen LogP contribution is -2.33. The molecule has 0 heterocycles. The highest BCUT2D eigenvalue weighted by atomic mass is 16.6. The number of hydrogen-bond acceptors (Lipinski definition) is 3. The molecule has 0 bridgehead atoms. The molecule has 2 N–H and O–H groups in total. The molecule has 0 radical (unpaired) electrons. The van der Waals surface area contributed by atoms with Crippen molar-refractivity contribution in [1.29, 1.82) is 0 Å². The van der Waals surface area contributed by atoms with Gasteiger partial charge in [-0.15, -0.1) is 0 Å². The summed E-state index contributed by atoms with van der Waals surface area (Å²) in [6.07, 6.45) is 6.22. The Kier molecular flexibility index (Phi) is 6.46.